The van der Waals surface area contributed by atoms with E-state index in [1.807, 2.05) is 30.3 Å². The van der Waals surface area contributed by atoms with E-state index >= 15 is 0 Å². The fraction of sp³-hybridized carbons (Fsp3) is 0.333. The number of phenolic OH excluding ortho intramolecular Hbond substituents is 1. The molecule has 0 bridgehead atoms. The molecule has 41 heavy (non-hydrogen) atoms. The number of unbranched alkanes of at least 4 members (excludes halogenated alkanes) is 1. The van der Waals surface area contributed by atoms with Crippen LogP contribution in [0.5, 0.6) is 17.2 Å². The summed E-state index contributed by atoms with van der Waals surface area (Å²) in [6.45, 7) is 6.05. The third-order valence-electron chi connectivity index (χ3n) is 7.11. The molecule has 2 aliphatic heterocycles. The Labute approximate surface area is 248 Å². The normalized spacial score (nSPS) is 14.9. The molecule has 2 heterocycles. The van der Waals surface area contributed by atoms with E-state index in [-0.39, 0.29) is 17.2 Å². The van der Waals surface area contributed by atoms with Crippen LogP contribution < -0.4 is 25.0 Å². The molecule has 3 aromatic rings. The molecule has 1 amide bonds. The van der Waals surface area contributed by atoms with Crippen molar-refractivity contribution in [3.8, 4) is 17.2 Å². The summed E-state index contributed by atoms with van der Waals surface area (Å²) in [5.74, 6) is -1.27. The molecule has 0 aromatic heterocycles. The Morgan fingerprint density at radius 3 is 2.56 bits per heavy atom. The zero-order chi connectivity index (χ0) is 29.4. The molecular formula is C30H33Cl2N3O6. The van der Waals surface area contributed by atoms with Crippen molar-refractivity contribution in [2.24, 2.45) is 0 Å². The number of aromatic carboxylic acids is 1. The number of aryl methyl sites for hydroxylation is 1. The van der Waals surface area contributed by atoms with Crippen LogP contribution >= 0.6 is 23.2 Å². The van der Waals surface area contributed by atoms with Crippen LogP contribution in [0.1, 0.15) is 35.2 Å². The number of phenols is 1. The molecule has 0 unspecified atom stereocenters. The molecule has 0 saturated carbocycles. The van der Waals surface area contributed by atoms with Gasteiger partial charge < -0.3 is 35.2 Å². The highest BCUT2D eigenvalue weighted by Gasteiger charge is 2.22. The van der Waals surface area contributed by atoms with Gasteiger partial charge in [0.1, 0.15) is 11.5 Å². The van der Waals surface area contributed by atoms with Gasteiger partial charge in [-0.1, -0.05) is 41.1 Å². The van der Waals surface area contributed by atoms with E-state index in [9.17, 15) is 14.7 Å². The van der Waals surface area contributed by atoms with Crippen LogP contribution in [0.15, 0.2) is 54.6 Å². The van der Waals surface area contributed by atoms with E-state index < -0.39 is 11.7 Å². The first-order chi connectivity index (χ1) is 19.7. The third kappa shape index (κ3) is 8.42. The lowest BCUT2D eigenvalue weighted by molar-refractivity contribution is -0.900. The van der Waals surface area contributed by atoms with Gasteiger partial charge in [0, 0.05) is 18.2 Å². The third-order valence-corrected chi connectivity index (χ3v) is 7.92. The highest BCUT2D eigenvalue weighted by molar-refractivity contribution is 6.43. The number of halogens is 2. The second-order valence-corrected chi connectivity index (χ2v) is 10.8. The number of amides is 1. The number of quaternary nitrogens is 1. The monoisotopic (exact) mass is 601 g/mol. The lowest BCUT2D eigenvalue weighted by Gasteiger charge is -2.34. The quantitative estimate of drug-likeness (QED) is 0.290. The van der Waals surface area contributed by atoms with E-state index in [2.05, 4.69) is 16.3 Å². The first-order valence-corrected chi connectivity index (χ1v) is 14.3. The molecular weight excluding hydrogens is 569 g/mol. The summed E-state index contributed by atoms with van der Waals surface area (Å²) in [6, 6.07) is 14.9. The van der Waals surface area contributed by atoms with E-state index in [0.29, 0.717) is 23.1 Å². The van der Waals surface area contributed by atoms with Crippen LogP contribution in [0.4, 0.5) is 11.4 Å². The summed E-state index contributed by atoms with van der Waals surface area (Å²) in [6.07, 6.45) is 3.53. The van der Waals surface area contributed by atoms with Crippen LogP contribution in [0, 0.1) is 0 Å². The van der Waals surface area contributed by atoms with Crippen LogP contribution in [-0.2, 0) is 11.2 Å². The summed E-state index contributed by atoms with van der Waals surface area (Å²) in [5.41, 5.74) is 2.79. The van der Waals surface area contributed by atoms with E-state index in [1.165, 1.54) is 5.56 Å². The second-order valence-electron chi connectivity index (χ2n) is 9.97. The standard InChI is InChI=1S/C23H27Cl2N3O2.C7H6O4/c24-19-4-3-5-21(23(19)25)28-13-11-27(12-14-28)10-1-2-15-30-18-8-6-17-7-9-22(29)26-20(17)16-18;8-4-1-2-5(7(10)11)6(9)3-4/h3-6,8,16H,1-2,7,9-15H2,(H,26,29);1-3,8-9H,(H,10,11). The summed E-state index contributed by atoms with van der Waals surface area (Å²) in [4.78, 5) is 25.8. The predicted octanol–water partition coefficient (Wildman–Crippen LogP) is 3.61. The van der Waals surface area contributed by atoms with Gasteiger partial charge in [-0.2, -0.15) is 0 Å². The molecule has 5 rings (SSSR count). The summed E-state index contributed by atoms with van der Waals surface area (Å²) in [5, 5.41) is 32.0. The Morgan fingerprint density at radius 2 is 1.83 bits per heavy atom. The minimum atomic E-state index is -1.28. The van der Waals surface area contributed by atoms with Gasteiger partial charge in [0.25, 0.3) is 0 Å². The lowest BCUT2D eigenvalue weighted by atomic mass is 10.0. The van der Waals surface area contributed by atoms with Gasteiger partial charge in [-0.25, -0.2) is 4.79 Å². The van der Waals surface area contributed by atoms with Gasteiger partial charge in [-0.15, -0.1) is 0 Å². The van der Waals surface area contributed by atoms with Gasteiger partial charge in [-0.3, -0.25) is 4.79 Å². The minimum Gasteiger partial charge on any atom is -0.872 e. The number of benzene rings is 3. The number of anilines is 2. The number of nitrogens with one attached hydrogen (secondary N) is 2. The average Bonchev–Trinajstić information content (AvgIpc) is 2.94. The number of carboxylic acids is 1. The van der Waals surface area contributed by atoms with Crippen molar-refractivity contribution in [3.05, 3.63) is 75.8 Å². The zero-order valence-electron chi connectivity index (χ0n) is 22.5. The van der Waals surface area contributed by atoms with Crippen molar-refractivity contribution in [2.45, 2.75) is 25.7 Å². The van der Waals surface area contributed by atoms with Crippen molar-refractivity contribution in [1.29, 1.82) is 0 Å². The zero-order valence-corrected chi connectivity index (χ0v) is 24.0. The number of rotatable bonds is 8. The number of carbonyl (C=O) groups excluding carboxylic acids is 1. The number of ether oxygens (including phenoxy) is 1. The van der Waals surface area contributed by atoms with Crippen LogP contribution in [0.2, 0.25) is 10.0 Å². The molecule has 218 valence electrons. The number of carbonyl (C=O) groups is 2. The lowest BCUT2D eigenvalue weighted by Crippen LogP contribution is -3.14. The van der Waals surface area contributed by atoms with E-state index in [1.54, 1.807) is 4.90 Å². The Hall–Kier alpha value is -3.66. The summed E-state index contributed by atoms with van der Waals surface area (Å²) < 4.78 is 5.90. The van der Waals surface area contributed by atoms with Gasteiger partial charge in [0.15, 0.2) is 0 Å². The fourth-order valence-electron chi connectivity index (χ4n) is 4.85. The number of nitrogens with zero attached hydrogens (tertiary/aromatic N) is 1. The van der Waals surface area contributed by atoms with Crippen molar-refractivity contribution >= 4 is 46.5 Å². The maximum Gasteiger partial charge on any atom is 0.335 e. The Bertz CT molecular complexity index is 1380. The Balaban J connectivity index is 0.000000296. The molecule has 9 nitrogen and oxygen atoms in total. The fourth-order valence-corrected chi connectivity index (χ4v) is 5.26. The van der Waals surface area contributed by atoms with E-state index in [4.69, 9.17) is 38.2 Å². The smallest absolute Gasteiger partial charge is 0.335 e. The van der Waals surface area contributed by atoms with Crippen LogP contribution in [-0.4, -0.2) is 61.4 Å². The molecule has 0 spiro atoms. The van der Waals surface area contributed by atoms with Crippen molar-refractivity contribution in [1.82, 2.24) is 0 Å². The molecule has 11 heteroatoms. The second kappa shape index (κ2) is 14.3. The molecule has 3 aromatic carbocycles. The Morgan fingerprint density at radius 1 is 1.05 bits per heavy atom. The number of hydrogen-bond donors (Lipinski definition) is 4. The highest BCUT2D eigenvalue weighted by Crippen LogP contribution is 2.32. The molecule has 2 aliphatic rings. The topological polar surface area (TPSA) is 127 Å². The number of hydrogen-bond acceptors (Lipinski definition) is 6. The number of fused-ring (bicyclic) bond motifs is 1. The Kier molecular flexibility index (Phi) is 10.6. The molecule has 0 atom stereocenters. The average molecular weight is 603 g/mol. The maximum absolute atomic E-state index is 11.5. The molecule has 0 aliphatic carbocycles. The maximum atomic E-state index is 11.5. The summed E-state index contributed by atoms with van der Waals surface area (Å²) >= 11 is 12.5. The first kappa shape index (κ1) is 30.3. The predicted molar refractivity (Wildman–Crippen MR) is 157 cm³/mol. The molecule has 1 fully saturated rings. The van der Waals surface area contributed by atoms with Crippen molar-refractivity contribution < 1.29 is 34.5 Å². The van der Waals surface area contributed by atoms with Crippen LogP contribution in [0.3, 0.4) is 0 Å². The molecule has 1 saturated heterocycles. The SMILES string of the molecule is O=C(O)c1ccc(O)cc1[O-].O=C1CCc2ccc(OCCCC[NH+]3CCN(c4cccc(Cl)c4Cl)CC3)cc2N1. The van der Waals surface area contributed by atoms with Gasteiger partial charge in [0.05, 0.1) is 60.6 Å². The highest BCUT2D eigenvalue weighted by atomic mass is 35.5. The van der Waals surface area contributed by atoms with Gasteiger partial charge in [-0.05, 0) is 61.2 Å². The van der Waals surface area contributed by atoms with Crippen molar-refractivity contribution in [3.63, 3.8) is 0 Å². The first-order valence-electron chi connectivity index (χ1n) is 13.5. The molecule has 4 N–H and O–H groups in total. The number of aromatic hydroxyl groups is 1. The van der Waals surface area contributed by atoms with Crippen LogP contribution in [0.25, 0.3) is 0 Å². The number of piperazine rings is 1. The van der Waals surface area contributed by atoms with Gasteiger partial charge in [0.2, 0.25) is 5.91 Å². The number of carboxylic acid groups (broad SMARTS) is 1. The van der Waals surface area contributed by atoms with Crippen molar-refractivity contribution in [2.75, 3.05) is 49.5 Å². The summed E-state index contributed by atoms with van der Waals surface area (Å²) in [7, 11) is 0. The van der Waals surface area contributed by atoms with E-state index in [0.717, 1.165) is 87.3 Å². The molecule has 0 radical (unpaired) electrons. The minimum absolute atomic E-state index is 0.0837. The largest absolute Gasteiger partial charge is 0.872 e. The van der Waals surface area contributed by atoms with Gasteiger partial charge >= 0.3 is 5.97 Å².